The van der Waals surface area contributed by atoms with Crippen molar-refractivity contribution in [3.05, 3.63) is 11.6 Å². The Bertz CT molecular complexity index is 769. The monoisotopic (exact) mass is 446 g/mol. The van der Waals surface area contributed by atoms with Crippen LogP contribution < -0.4 is 0 Å². The standard InChI is InChI=1S/C28H46O4/c1-16(2)17(3)24(31)15-28(6,32)25-8-7-20-19-14-23(30)22-13-18(29)9-11-26(22,4)21(19)10-12-27(20,25)5/h10,16-20,22-23,25,29-30,32H,7-9,11-15H2,1-6H3/t17?,18-,19?,20?,22?,23-,25-,26+,27-,28?/m0/s1. The number of aliphatic hydroxyl groups is 3. The molecule has 0 spiro atoms. The lowest BCUT2D eigenvalue weighted by atomic mass is 9.47. The van der Waals surface area contributed by atoms with Gasteiger partial charge in [0.1, 0.15) is 5.78 Å². The minimum Gasteiger partial charge on any atom is -0.393 e. The first-order chi connectivity index (χ1) is 14.8. The van der Waals surface area contributed by atoms with Gasteiger partial charge >= 0.3 is 0 Å². The highest BCUT2D eigenvalue weighted by atomic mass is 16.3. The van der Waals surface area contributed by atoms with E-state index in [0.29, 0.717) is 18.3 Å². The van der Waals surface area contributed by atoms with Crippen LogP contribution in [0.3, 0.4) is 0 Å². The van der Waals surface area contributed by atoms with E-state index < -0.39 is 5.60 Å². The van der Waals surface area contributed by atoms with Gasteiger partial charge in [-0.15, -0.1) is 0 Å². The van der Waals surface area contributed by atoms with Crippen LogP contribution in [0.15, 0.2) is 11.6 Å². The van der Waals surface area contributed by atoms with Crippen LogP contribution in [-0.4, -0.2) is 38.9 Å². The third-order valence-corrected chi connectivity index (χ3v) is 10.8. The summed E-state index contributed by atoms with van der Waals surface area (Å²) in [5.41, 5.74) is 0.457. The summed E-state index contributed by atoms with van der Waals surface area (Å²) < 4.78 is 0. The topological polar surface area (TPSA) is 77.8 Å². The summed E-state index contributed by atoms with van der Waals surface area (Å²) in [5, 5.41) is 33.0. The molecule has 4 rings (SSSR count). The lowest BCUT2D eigenvalue weighted by molar-refractivity contribution is -0.134. The van der Waals surface area contributed by atoms with E-state index in [1.807, 2.05) is 13.8 Å². The highest BCUT2D eigenvalue weighted by Crippen LogP contribution is 2.66. The fraction of sp³-hybridized carbons (Fsp3) is 0.893. The molecule has 0 saturated heterocycles. The molecule has 0 heterocycles. The quantitative estimate of drug-likeness (QED) is 0.525. The Morgan fingerprint density at radius 3 is 2.47 bits per heavy atom. The van der Waals surface area contributed by atoms with Crippen molar-refractivity contribution in [2.24, 2.45) is 46.3 Å². The fourth-order valence-corrected chi connectivity index (χ4v) is 8.58. The van der Waals surface area contributed by atoms with Gasteiger partial charge < -0.3 is 15.3 Å². The van der Waals surface area contributed by atoms with Crippen molar-refractivity contribution in [3.63, 3.8) is 0 Å². The van der Waals surface area contributed by atoms with Gasteiger partial charge in [-0.3, -0.25) is 4.79 Å². The number of allylic oxidation sites excluding steroid dienone is 2. The van der Waals surface area contributed by atoms with Crippen LogP contribution in [0.1, 0.15) is 92.9 Å². The molecule has 32 heavy (non-hydrogen) atoms. The molecule has 10 atom stereocenters. The second-order valence-electron chi connectivity index (χ2n) is 13.0. The summed E-state index contributed by atoms with van der Waals surface area (Å²) in [4.78, 5) is 12.9. The zero-order valence-electron chi connectivity index (χ0n) is 21.1. The Hall–Kier alpha value is -0.710. The minimum absolute atomic E-state index is 0.0217. The van der Waals surface area contributed by atoms with Crippen molar-refractivity contribution >= 4 is 5.78 Å². The minimum atomic E-state index is -0.996. The van der Waals surface area contributed by atoms with Gasteiger partial charge in [0.15, 0.2) is 0 Å². The van der Waals surface area contributed by atoms with Gasteiger partial charge in [-0.1, -0.05) is 46.3 Å². The number of fused-ring (bicyclic) bond motifs is 5. The van der Waals surface area contributed by atoms with Crippen LogP contribution in [0.5, 0.6) is 0 Å². The van der Waals surface area contributed by atoms with E-state index in [1.165, 1.54) is 5.57 Å². The molecule has 0 amide bonds. The molecule has 0 aromatic carbocycles. The average molecular weight is 447 g/mol. The fourth-order valence-electron chi connectivity index (χ4n) is 8.58. The summed E-state index contributed by atoms with van der Waals surface area (Å²) in [6.07, 6.45) is 8.23. The van der Waals surface area contributed by atoms with Gasteiger partial charge in [0, 0.05) is 12.3 Å². The maximum absolute atomic E-state index is 12.9. The van der Waals surface area contributed by atoms with Crippen molar-refractivity contribution in [2.45, 2.75) is 111 Å². The Morgan fingerprint density at radius 2 is 1.81 bits per heavy atom. The maximum Gasteiger partial charge on any atom is 0.138 e. The summed E-state index contributed by atoms with van der Waals surface area (Å²) >= 11 is 0. The van der Waals surface area contributed by atoms with Crippen LogP contribution in [-0.2, 0) is 4.79 Å². The summed E-state index contributed by atoms with van der Waals surface area (Å²) in [6.45, 7) is 12.7. The number of aliphatic hydroxyl groups excluding tert-OH is 2. The molecule has 3 saturated carbocycles. The second kappa shape index (κ2) is 8.20. The van der Waals surface area contributed by atoms with Gasteiger partial charge in [0.25, 0.3) is 0 Å². The molecular weight excluding hydrogens is 400 g/mol. The molecule has 4 heteroatoms. The number of rotatable bonds is 5. The number of carbonyl (C=O) groups excluding carboxylic acids is 1. The van der Waals surface area contributed by atoms with Crippen molar-refractivity contribution in [1.29, 1.82) is 0 Å². The van der Waals surface area contributed by atoms with Gasteiger partial charge in [-0.05, 0) is 92.3 Å². The van der Waals surface area contributed by atoms with Crippen molar-refractivity contribution in [3.8, 4) is 0 Å². The van der Waals surface area contributed by atoms with E-state index in [9.17, 15) is 20.1 Å². The normalized spacial score (nSPS) is 46.5. The Kier molecular flexibility index (Phi) is 6.26. The van der Waals surface area contributed by atoms with Crippen molar-refractivity contribution < 1.29 is 20.1 Å². The van der Waals surface area contributed by atoms with Crippen molar-refractivity contribution in [1.82, 2.24) is 0 Å². The molecule has 3 N–H and O–H groups in total. The maximum atomic E-state index is 12.9. The molecule has 0 aliphatic heterocycles. The summed E-state index contributed by atoms with van der Waals surface area (Å²) in [5.74, 6) is 1.47. The smallest absolute Gasteiger partial charge is 0.138 e. The lowest BCUT2D eigenvalue weighted by Crippen LogP contribution is -2.55. The highest BCUT2D eigenvalue weighted by molar-refractivity contribution is 5.81. The van der Waals surface area contributed by atoms with Crippen LogP contribution in [0.4, 0.5) is 0 Å². The first-order valence-electron chi connectivity index (χ1n) is 13.1. The summed E-state index contributed by atoms with van der Waals surface area (Å²) in [7, 11) is 0. The molecule has 182 valence electrons. The molecule has 0 aromatic rings. The molecule has 4 nitrogen and oxygen atoms in total. The molecule has 5 unspecified atom stereocenters. The Morgan fingerprint density at radius 1 is 1.12 bits per heavy atom. The molecule has 4 aliphatic carbocycles. The van der Waals surface area contributed by atoms with Gasteiger partial charge in [-0.2, -0.15) is 0 Å². The molecule has 3 fully saturated rings. The van der Waals surface area contributed by atoms with Crippen LogP contribution in [0.2, 0.25) is 0 Å². The van der Waals surface area contributed by atoms with Crippen LogP contribution >= 0.6 is 0 Å². The average Bonchev–Trinajstić information content (AvgIpc) is 3.06. The number of hydrogen-bond acceptors (Lipinski definition) is 4. The van der Waals surface area contributed by atoms with Gasteiger partial charge in [0.05, 0.1) is 17.8 Å². The van der Waals surface area contributed by atoms with E-state index in [1.54, 1.807) is 0 Å². The highest BCUT2D eigenvalue weighted by Gasteiger charge is 2.61. The molecular formula is C28H46O4. The third-order valence-electron chi connectivity index (χ3n) is 10.8. The first kappa shape index (κ1) is 24.4. The second-order valence-corrected chi connectivity index (χ2v) is 13.0. The van der Waals surface area contributed by atoms with Gasteiger partial charge in [0.2, 0.25) is 0 Å². The largest absolute Gasteiger partial charge is 0.393 e. The number of Topliss-reactive ketones (excluding diaryl/α,β-unsaturated/α-hetero) is 1. The molecule has 0 radical (unpaired) electrons. The molecule has 0 aromatic heterocycles. The lowest BCUT2D eigenvalue weighted by Gasteiger charge is -2.58. The first-order valence-corrected chi connectivity index (χ1v) is 13.1. The number of hydrogen-bond donors (Lipinski definition) is 3. The third kappa shape index (κ3) is 3.73. The zero-order valence-corrected chi connectivity index (χ0v) is 21.1. The zero-order chi connectivity index (χ0) is 23.6. The van der Waals surface area contributed by atoms with E-state index in [2.05, 4.69) is 33.8 Å². The number of carbonyl (C=O) groups is 1. The number of ketones is 1. The molecule has 0 bridgehead atoms. The van der Waals surface area contributed by atoms with E-state index >= 15 is 0 Å². The molecule has 4 aliphatic rings. The van der Waals surface area contributed by atoms with Crippen LogP contribution in [0, 0.1) is 46.3 Å². The predicted octanol–water partition coefficient (Wildman–Crippen LogP) is 4.90. The van der Waals surface area contributed by atoms with E-state index in [4.69, 9.17) is 0 Å². The van der Waals surface area contributed by atoms with Crippen LogP contribution in [0.25, 0.3) is 0 Å². The Balaban J connectivity index is 1.60. The Labute approximate surface area is 194 Å². The summed E-state index contributed by atoms with van der Waals surface area (Å²) in [6, 6.07) is 0. The van der Waals surface area contributed by atoms with Gasteiger partial charge in [-0.25, -0.2) is 0 Å². The van der Waals surface area contributed by atoms with E-state index in [0.717, 1.165) is 38.5 Å². The van der Waals surface area contributed by atoms with Crippen molar-refractivity contribution in [2.75, 3.05) is 0 Å². The predicted molar refractivity (Wildman–Crippen MR) is 127 cm³/mol. The SMILES string of the molecule is CC(C)C(C)C(=O)CC(C)(O)[C@H]1CCC2C3C[C@H](O)C4C[C@@H](O)CC[C@]4(C)C3=CC[C@@]21C. The van der Waals surface area contributed by atoms with E-state index in [-0.39, 0.29) is 58.9 Å².